The lowest BCUT2D eigenvalue weighted by Gasteiger charge is -2.15. The molecule has 108 valence electrons. The van der Waals surface area contributed by atoms with Gasteiger partial charge in [0.15, 0.2) is 5.22 Å². The molecule has 20 heavy (non-hydrogen) atoms. The highest BCUT2D eigenvalue weighted by atomic mass is 35.5. The van der Waals surface area contributed by atoms with Gasteiger partial charge < -0.3 is 15.1 Å². The summed E-state index contributed by atoms with van der Waals surface area (Å²) in [4.78, 5) is 11.8. The van der Waals surface area contributed by atoms with Gasteiger partial charge in [0.05, 0.1) is 6.04 Å². The predicted octanol–water partition coefficient (Wildman–Crippen LogP) is 3.09. The van der Waals surface area contributed by atoms with Crippen LogP contribution in [0.15, 0.2) is 28.7 Å². The Hall–Kier alpha value is -1.52. The van der Waals surface area contributed by atoms with E-state index in [-0.39, 0.29) is 18.0 Å². The summed E-state index contributed by atoms with van der Waals surface area (Å²) in [6, 6.07) is 7.51. The zero-order chi connectivity index (χ0) is 14.7. The van der Waals surface area contributed by atoms with Crippen LogP contribution in [0.5, 0.6) is 0 Å². The van der Waals surface area contributed by atoms with Crippen LogP contribution in [-0.2, 0) is 11.3 Å². The van der Waals surface area contributed by atoms with Gasteiger partial charge in [-0.1, -0.05) is 18.2 Å². The second-order valence-corrected chi connectivity index (χ2v) is 5.46. The Labute approximate surface area is 123 Å². The summed E-state index contributed by atoms with van der Waals surface area (Å²) >= 11 is 6.11. The quantitative estimate of drug-likeness (QED) is 0.891. The molecular weight excluding hydrogens is 276 g/mol. The van der Waals surface area contributed by atoms with Crippen LogP contribution in [0.1, 0.15) is 26.3 Å². The lowest BCUT2D eigenvalue weighted by molar-refractivity contribution is -0.123. The van der Waals surface area contributed by atoms with Crippen molar-refractivity contribution in [3.63, 3.8) is 0 Å². The Kier molecular flexibility index (Phi) is 4.68. The number of carbonyl (C=O) groups is 1. The first kappa shape index (κ1) is 14.9. The normalized spacial score (nSPS) is 12.8. The second kappa shape index (κ2) is 6.29. The van der Waals surface area contributed by atoms with Gasteiger partial charge in [0, 0.05) is 23.5 Å². The fourth-order valence-corrected chi connectivity index (χ4v) is 2.24. The molecule has 2 aromatic rings. The molecule has 0 saturated carbocycles. The van der Waals surface area contributed by atoms with Crippen molar-refractivity contribution >= 4 is 28.5 Å². The van der Waals surface area contributed by atoms with E-state index in [0.29, 0.717) is 11.8 Å². The van der Waals surface area contributed by atoms with Crippen molar-refractivity contribution in [3.05, 3.63) is 35.0 Å². The molecule has 4 nitrogen and oxygen atoms in total. The second-order valence-electron chi connectivity index (χ2n) is 5.12. The fraction of sp³-hybridized carbons (Fsp3) is 0.400. The summed E-state index contributed by atoms with van der Waals surface area (Å²) in [7, 11) is 0. The summed E-state index contributed by atoms with van der Waals surface area (Å²) in [5.41, 5.74) is 1.64. The van der Waals surface area contributed by atoms with Crippen LogP contribution in [0.25, 0.3) is 11.0 Å². The number of amides is 1. The molecule has 1 aromatic carbocycles. The molecule has 0 saturated heterocycles. The molecule has 1 atom stereocenters. The van der Waals surface area contributed by atoms with Crippen LogP contribution in [0.4, 0.5) is 0 Å². The summed E-state index contributed by atoms with van der Waals surface area (Å²) in [6.07, 6.45) is 0. The Morgan fingerprint density at radius 2 is 2.00 bits per heavy atom. The molecule has 2 rings (SSSR count). The first-order valence-electron chi connectivity index (χ1n) is 6.68. The molecule has 0 radical (unpaired) electrons. The van der Waals surface area contributed by atoms with Crippen LogP contribution in [0, 0.1) is 0 Å². The molecule has 0 aliphatic heterocycles. The standard InChI is InChI=1S/C15H19ClN2O2/c1-9(2)18-15(19)10(3)17-8-12-11-6-4-5-7-13(11)20-14(12)16/h4-7,9-10,17H,8H2,1-3H3,(H,18,19). The topological polar surface area (TPSA) is 54.3 Å². The van der Waals surface area contributed by atoms with Crippen LogP contribution in [0.3, 0.4) is 0 Å². The zero-order valence-corrected chi connectivity index (χ0v) is 12.6. The number of nitrogens with one attached hydrogen (secondary N) is 2. The van der Waals surface area contributed by atoms with Gasteiger partial charge in [-0.05, 0) is 38.4 Å². The maximum atomic E-state index is 11.8. The molecule has 5 heteroatoms. The van der Waals surface area contributed by atoms with Crippen molar-refractivity contribution < 1.29 is 9.21 Å². The number of fused-ring (bicyclic) bond motifs is 1. The Morgan fingerprint density at radius 1 is 1.30 bits per heavy atom. The fourth-order valence-electron chi connectivity index (χ4n) is 1.99. The lowest BCUT2D eigenvalue weighted by Crippen LogP contribution is -2.44. The predicted molar refractivity (Wildman–Crippen MR) is 80.8 cm³/mol. The number of para-hydroxylation sites is 1. The van der Waals surface area contributed by atoms with E-state index in [1.165, 1.54) is 0 Å². The first-order chi connectivity index (χ1) is 9.49. The van der Waals surface area contributed by atoms with E-state index >= 15 is 0 Å². The van der Waals surface area contributed by atoms with Crippen LogP contribution >= 0.6 is 11.6 Å². The highest BCUT2D eigenvalue weighted by Gasteiger charge is 2.16. The molecular formula is C15H19ClN2O2. The van der Waals surface area contributed by atoms with E-state index in [1.54, 1.807) is 0 Å². The van der Waals surface area contributed by atoms with E-state index in [9.17, 15) is 4.79 Å². The molecule has 0 spiro atoms. The van der Waals surface area contributed by atoms with Crippen LogP contribution in [0.2, 0.25) is 5.22 Å². The van der Waals surface area contributed by atoms with Crippen molar-refractivity contribution in [1.29, 1.82) is 0 Å². The Morgan fingerprint density at radius 3 is 2.70 bits per heavy atom. The van der Waals surface area contributed by atoms with Gasteiger partial charge in [0.1, 0.15) is 5.58 Å². The number of benzene rings is 1. The Balaban J connectivity index is 2.06. The third-order valence-corrected chi connectivity index (χ3v) is 3.36. The number of hydrogen-bond acceptors (Lipinski definition) is 3. The summed E-state index contributed by atoms with van der Waals surface area (Å²) in [5, 5.41) is 7.38. The number of carbonyl (C=O) groups excluding carboxylic acids is 1. The van der Waals surface area contributed by atoms with Gasteiger partial charge >= 0.3 is 0 Å². The van der Waals surface area contributed by atoms with Crippen molar-refractivity contribution in [1.82, 2.24) is 10.6 Å². The molecule has 1 heterocycles. The highest BCUT2D eigenvalue weighted by molar-refractivity contribution is 6.30. The lowest BCUT2D eigenvalue weighted by atomic mass is 10.1. The molecule has 1 unspecified atom stereocenters. The van der Waals surface area contributed by atoms with Gasteiger partial charge in [-0.25, -0.2) is 0 Å². The molecule has 2 N–H and O–H groups in total. The van der Waals surface area contributed by atoms with Crippen molar-refractivity contribution in [3.8, 4) is 0 Å². The number of hydrogen-bond donors (Lipinski definition) is 2. The van der Waals surface area contributed by atoms with Gasteiger partial charge in [0.25, 0.3) is 0 Å². The zero-order valence-electron chi connectivity index (χ0n) is 11.9. The largest absolute Gasteiger partial charge is 0.444 e. The smallest absolute Gasteiger partial charge is 0.237 e. The third-order valence-electron chi connectivity index (χ3n) is 3.06. The number of rotatable bonds is 5. The maximum absolute atomic E-state index is 11.8. The molecule has 0 aliphatic carbocycles. The van der Waals surface area contributed by atoms with E-state index < -0.39 is 0 Å². The minimum Gasteiger partial charge on any atom is -0.444 e. The molecule has 0 fully saturated rings. The van der Waals surface area contributed by atoms with E-state index in [0.717, 1.165) is 16.5 Å². The van der Waals surface area contributed by atoms with E-state index in [1.807, 2.05) is 45.0 Å². The van der Waals surface area contributed by atoms with E-state index in [2.05, 4.69) is 10.6 Å². The monoisotopic (exact) mass is 294 g/mol. The minimum atomic E-state index is -0.290. The van der Waals surface area contributed by atoms with Crippen LogP contribution in [-0.4, -0.2) is 18.0 Å². The molecule has 1 aromatic heterocycles. The summed E-state index contributed by atoms with van der Waals surface area (Å²) < 4.78 is 5.48. The minimum absolute atomic E-state index is 0.0241. The van der Waals surface area contributed by atoms with Gasteiger partial charge in [0.2, 0.25) is 5.91 Å². The highest BCUT2D eigenvalue weighted by Crippen LogP contribution is 2.29. The maximum Gasteiger partial charge on any atom is 0.237 e. The SMILES string of the molecule is CC(C)NC(=O)C(C)NCc1c(Cl)oc2ccccc12. The van der Waals surface area contributed by atoms with Crippen molar-refractivity contribution in [2.45, 2.75) is 39.4 Å². The van der Waals surface area contributed by atoms with Gasteiger partial charge in [-0.15, -0.1) is 0 Å². The third kappa shape index (κ3) is 3.32. The molecule has 0 bridgehead atoms. The summed E-state index contributed by atoms with van der Waals surface area (Å²) in [6.45, 7) is 6.19. The van der Waals surface area contributed by atoms with Crippen LogP contribution < -0.4 is 10.6 Å². The summed E-state index contributed by atoms with van der Waals surface area (Å²) in [5.74, 6) is -0.0241. The number of halogens is 1. The van der Waals surface area contributed by atoms with Gasteiger partial charge in [-0.2, -0.15) is 0 Å². The van der Waals surface area contributed by atoms with Gasteiger partial charge in [-0.3, -0.25) is 4.79 Å². The average Bonchev–Trinajstić information content (AvgIpc) is 2.70. The van der Waals surface area contributed by atoms with Crippen molar-refractivity contribution in [2.24, 2.45) is 0 Å². The molecule has 1 amide bonds. The molecule has 0 aliphatic rings. The van der Waals surface area contributed by atoms with E-state index in [4.69, 9.17) is 16.0 Å². The van der Waals surface area contributed by atoms with Crippen molar-refractivity contribution in [2.75, 3.05) is 0 Å². The number of furan rings is 1. The average molecular weight is 295 g/mol. The Bertz CT molecular complexity index is 607. The first-order valence-corrected chi connectivity index (χ1v) is 7.06.